The third kappa shape index (κ3) is 9.06. The van der Waals surface area contributed by atoms with Crippen LogP contribution in [0.1, 0.15) is 35.0 Å². The molecule has 0 amide bonds. The zero-order chi connectivity index (χ0) is 17.3. The average Bonchev–Trinajstić information content (AvgIpc) is 2.36. The van der Waals surface area contributed by atoms with Crippen LogP contribution in [0.2, 0.25) is 0 Å². The molecule has 23 heavy (non-hydrogen) atoms. The molecule has 0 unspecified atom stereocenters. The third-order valence-electron chi connectivity index (χ3n) is 2.83. The summed E-state index contributed by atoms with van der Waals surface area (Å²) in [7, 11) is 0. The van der Waals surface area contributed by atoms with Crippen LogP contribution < -0.4 is 11.5 Å². The molecule has 1 atom stereocenters. The Kier molecular flexibility index (Phi) is 12.2. The summed E-state index contributed by atoms with van der Waals surface area (Å²) in [5.74, 6) is -6.26. The molecule has 7 N–H and O–H groups in total. The molecule has 0 aliphatic carbocycles. The molecule has 0 heterocycles. The maximum absolute atomic E-state index is 11.8. The van der Waals surface area contributed by atoms with Crippen LogP contribution in [0.4, 0.5) is 0 Å². The fourth-order valence-corrected chi connectivity index (χ4v) is 1.71. The van der Waals surface area contributed by atoms with E-state index in [-0.39, 0.29) is 47.0 Å². The van der Waals surface area contributed by atoms with Crippen molar-refractivity contribution in [3.05, 3.63) is 0 Å². The quantitative estimate of drug-likeness (QED) is 0.166. The first kappa shape index (κ1) is 24.3. The van der Waals surface area contributed by atoms with Gasteiger partial charge in [0.1, 0.15) is 6.04 Å². The van der Waals surface area contributed by atoms with Crippen molar-refractivity contribution in [2.24, 2.45) is 11.5 Å². The molecule has 0 spiro atoms. The number of carboxylic acid groups (broad SMARTS) is 3. The van der Waals surface area contributed by atoms with Crippen LogP contribution in [0.15, 0.2) is 0 Å². The largest absolute Gasteiger partial charge is 2.00 e. The van der Waals surface area contributed by atoms with E-state index in [1.165, 1.54) is 0 Å². The predicted octanol–water partition coefficient (Wildman–Crippen LogP) is -1.40. The molecule has 11 heteroatoms. The van der Waals surface area contributed by atoms with Crippen molar-refractivity contribution >= 4 is 61.6 Å². The Labute approximate surface area is 165 Å². The van der Waals surface area contributed by atoms with E-state index in [9.17, 15) is 19.2 Å². The molecule has 0 radical (unpaired) electrons. The van der Waals surface area contributed by atoms with Gasteiger partial charge in [-0.15, -0.1) is 0 Å². The minimum atomic E-state index is -2.69. The van der Waals surface area contributed by atoms with Gasteiger partial charge in [-0.25, -0.2) is 4.79 Å². The molecule has 0 fully saturated rings. The topological polar surface area (TPSA) is 190 Å². The number of esters is 1. The predicted molar refractivity (Wildman–Crippen MR) is 79.8 cm³/mol. The SMILES string of the molecule is NCCCC[C@H](N)C(=O)OC(CC(=O)O)(CC(=O)O)C(=O)O.[Ca+2].[H-].[H-]. The second-order valence-corrected chi connectivity index (χ2v) is 4.75. The van der Waals surface area contributed by atoms with Crippen LogP contribution in [0.5, 0.6) is 0 Å². The summed E-state index contributed by atoms with van der Waals surface area (Å²) in [5, 5.41) is 26.6. The van der Waals surface area contributed by atoms with Crippen LogP contribution in [-0.4, -0.2) is 95.1 Å². The Morgan fingerprint density at radius 3 is 1.87 bits per heavy atom. The number of ether oxygens (including phenoxy) is 1. The average molecular weight is 362 g/mol. The summed E-state index contributed by atoms with van der Waals surface area (Å²) in [4.78, 5) is 44.6. The summed E-state index contributed by atoms with van der Waals surface area (Å²) < 4.78 is 4.66. The second-order valence-electron chi connectivity index (χ2n) is 4.75. The summed E-state index contributed by atoms with van der Waals surface area (Å²) in [5.41, 5.74) is 8.11. The van der Waals surface area contributed by atoms with Gasteiger partial charge in [-0.1, -0.05) is 6.42 Å². The van der Waals surface area contributed by atoms with Gasteiger partial charge in [-0.3, -0.25) is 14.4 Å². The van der Waals surface area contributed by atoms with Crippen molar-refractivity contribution in [3.8, 4) is 0 Å². The summed E-state index contributed by atoms with van der Waals surface area (Å²) in [6.45, 7) is 0.388. The monoisotopic (exact) mass is 362 g/mol. The van der Waals surface area contributed by atoms with Crippen LogP contribution in [0.25, 0.3) is 0 Å². The Morgan fingerprint density at radius 2 is 1.52 bits per heavy atom. The van der Waals surface area contributed by atoms with E-state index in [4.69, 9.17) is 26.8 Å². The fraction of sp³-hybridized carbons (Fsp3) is 0.667. The number of carbonyl (C=O) groups is 4. The second kappa shape index (κ2) is 11.6. The number of hydrogen-bond donors (Lipinski definition) is 5. The number of carboxylic acids is 3. The smallest absolute Gasteiger partial charge is 1.00 e. The van der Waals surface area contributed by atoms with Crippen molar-refractivity contribution < 1.29 is 42.1 Å². The third-order valence-corrected chi connectivity index (χ3v) is 2.83. The molecule has 0 saturated carbocycles. The summed E-state index contributed by atoms with van der Waals surface area (Å²) in [6, 6.07) is -1.19. The van der Waals surface area contributed by atoms with Gasteiger partial charge in [0, 0.05) is 0 Å². The molecule has 0 aliphatic rings. The maximum Gasteiger partial charge on any atom is 2.00 e. The van der Waals surface area contributed by atoms with Gasteiger partial charge in [-0.05, 0) is 19.4 Å². The van der Waals surface area contributed by atoms with E-state index in [2.05, 4.69) is 4.74 Å². The Hall–Kier alpha value is -0.940. The zero-order valence-electron chi connectivity index (χ0n) is 14.6. The van der Waals surface area contributed by atoms with E-state index in [1.54, 1.807) is 0 Å². The van der Waals surface area contributed by atoms with Gasteiger partial charge in [0.05, 0.1) is 12.8 Å². The number of nitrogens with two attached hydrogens (primary N) is 2. The Bertz CT molecular complexity index is 437. The van der Waals surface area contributed by atoms with E-state index < -0.39 is 48.4 Å². The molecule has 0 bridgehead atoms. The van der Waals surface area contributed by atoms with Crippen molar-refractivity contribution in [1.29, 1.82) is 0 Å². The molecule has 0 rings (SSSR count). The number of hydrogen-bond acceptors (Lipinski definition) is 7. The first-order valence-electron chi connectivity index (χ1n) is 6.50. The van der Waals surface area contributed by atoms with Crippen molar-refractivity contribution in [2.45, 2.75) is 43.7 Å². The van der Waals surface area contributed by atoms with Crippen LogP contribution >= 0.6 is 0 Å². The van der Waals surface area contributed by atoms with Gasteiger partial charge in [-0.2, -0.15) is 0 Å². The van der Waals surface area contributed by atoms with Crippen LogP contribution in [0, 0.1) is 0 Å². The summed E-state index contributed by atoms with van der Waals surface area (Å²) in [6.07, 6.45) is -1.13. The number of rotatable bonds is 11. The normalized spacial score (nSPS) is 11.9. The Morgan fingerprint density at radius 1 is 1.04 bits per heavy atom. The van der Waals surface area contributed by atoms with E-state index in [0.717, 1.165) is 0 Å². The maximum atomic E-state index is 11.8. The van der Waals surface area contributed by atoms with Crippen molar-refractivity contribution in [1.82, 2.24) is 0 Å². The van der Waals surface area contributed by atoms with Gasteiger partial charge >= 0.3 is 61.6 Å². The van der Waals surface area contributed by atoms with Crippen LogP contribution in [0.3, 0.4) is 0 Å². The molecule has 130 valence electrons. The molecule has 0 aromatic heterocycles. The molecule has 10 nitrogen and oxygen atoms in total. The first-order chi connectivity index (χ1) is 10.1. The van der Waals surface area contributed by atoms with Gasteiger partial charge in [0.15, 0.2) is 0 Å². The molecular formula is C12H22CaN2O8. The van der Waals surface area contributed by atoms with Gasteiger partial charge in [0.25, 0.3) is 0 Å². The number of aliphatic carboxylic acids is 3. The fourth-order valence-electron chi connectivity index (χ4n) is 1.71. The van der Waals surface area contributed by atoms with E-state index in [1.807, 2.05) is 0 Å². The van der Waals surface area contributed by atoms with Crippen molar-refractivity contribution in [3.63, 3.8) is 0 Å². The molecule has 0 aromatic rings. The van der Waals surface area contributed by atoms with Crippen molar-refractivity contribution in [2.75, 3.05) is 6.54 Å². The number of unbranched alkanes of at least 4 members (excludes halogenated alkanes) is 1. The standard InChI is InChI=1S/C12H20N2O8.Ca.2H/c13-4-2-1-3-7(14)10(19)22-12(11(20)21,5-8(15)16)6-9(17)18;;;/h7H,1-6,13-14H2,(H,15,16)(H,17,18)(H,20,21);;;/q;+2;2*-1/t7-;;;/m0.../s1. The van der Waals surface area contributed by atoms with Gasteiger partial charge < -0.3 is 34.4 Å². The first-order valence-corrected chi connectivity index (χ1v) is 6.50. The molecule has 0 saturated heterocycles. The number of carbonyl (C=O) groups excluding carboxylic acids is 1. The minimum absolute atomic E-state index is 0. The summed E-state index contributed by atoms with van der Waals surface area (Å²) >= 11 is 0. The molecule has 0 aromatic carbocycles. The zero-order valence-corrected chi connectivity index (χ0v) is 14.8. The van der Waals surface area contributed by atoms with Crippen LogP contribution in [-0.2, 0) is 23.9 Å². The van der Waals surface area contributed by atoms with Gasteiger partial charge in [0.2, 0.25) is 5.60 Å². The molecular weight excluding hydrogens is 340 g/mol. The Balaban J connectivity index is -0.000000735. The van der Waals surface area contributed by atoms with E-state index in [0.29, 0.717) is 19.4 Å². The molecule has 0 aliphatic heterocycles. The van der Waals surface area contributed by atoms with E-state index >= 15 is 0 Å². The minimum Gasteiger partial charge on any atom is -1.00 e.